The van der Waals surface area contributed by atoms with Crippen molar-refractivity contribution in [3.63, 3.8) is 0 Å². The fourth-order valence-corrected chi connectivity index (χ4v) is 2.80. The quantitative estimate of drug-likeness (QED) is 0.443. The number of hydrogen-bond acceptors (Lipinski definition) is 5. The van der Waals surface area contributed by atoms with Gasteiger partial charge in [0.25, 0.3) is 11.6 Å². The number of hydrogen-bond donors (Lipinski definition) is 0. The number of rotatable bonds is 6. The van der Waals surface area contributed by atoms with Gasteiger partial charge in [-0.05, 0) is 0 Å². The molecule has 0 saturated heterocycles. The molecule has 3 aromatic rings. The number of benzene rings is 2. The Morgan fingerprint density at radius 1 is 1.00 bits per heavy atom. The van der Waals surface area contributed by atoms with E-state index in [1.54, 1.807) is 30.3 Å². The van der Waals surface area contributed by atoms with Crippen LogP contribution in [0.4, 0.5) is 18.9 Å². The van der Waals surface area contributed by atoms with E-state index in [0.29, 0.717) is 16.3 Å². The van der Waals surface area contributed by atoms with Crippen molar-refractivity contribution in [2.24, 2.45) is 0 Å². The third-order valence-electron chi connectivity index (χ3n) is 4.14. The number of aromatic nitrogens is 2. The Balaban J connectivity index is 1.89. The lowest BCUT2D eigenvalue weighted by Crippen LogP contribution is -2.38. The topological polar surface area (TPSA) is 89.2 Å². The Morgan fingerprint density at radius 3 is 2.20 bits per heavy atom. The number of nitrogens with zero attached hydrogens (tertiary/aromatic N) is 4. The van der Waals surface area contributed by atoms with Crippen molar-refractivity contribution < 1.29 is 22.9 Å². The third kappa shape index (κ3) is 5.16. The van der Waals surface area contributed by atoms with Crippen molar-refractivity contribution in [3.05, 3.63) is 88.2 Å². The van der Waals surface area contributed by atoms with Gasteiger partial charge in [0.15, 0.2) is 5.82 Å². The zero-order valence-corrected chi connectivity index (χ0v) is 15.4. The van der Waals surface area contributed by atoms with Crippen molar-refractivity contribution in [1.82, 2.24) is 14.9 Å². The zero-order valence-electron chi connectivity index (χ0n) is 15.4. The first-order chi connectivity index (χ1) is 14.2. The highest BCUT2D eigenvalue weighted by molar-refractivity contribution is 5.93. The van der Waals surface area contributed by atoms with Gasteiger partial charge >= 0.3 is 6.18 Å². The summed E-state index contributed by atoms with van der Waals surface area (Å²) in [5.74, 6) is -0.668. The Kier molecular flexibility index (Phi) is 6.05. The first-order valence-corrected chi connectivity index (χ1v) is 8.70. The number of para-hydroxylation sites is 1. The number of alkyl halides is 3. The minimum Gasteiger partial charge on any atom is -0.325 e. The maximum Gasteiger partial charge on any atom is 0.406 e. The molecule has 0 aliphatic carbocycles. The molecule has 0 radical (unpaired) electrons. The summed E-state index contributed by atoms with van der Waals surface area (Å²) in [5.41, 5.74) is 0.149. The van der Waals surface area contributed by atoms with E-state index in [-0.39, 0.29) is 16.8 Å². The number of amides is 1. The normalized spacial score (nSPS) is 11.2. The summed E-state index contributed by atoms with van der Waals surface area (Å²) in [6.07, 6.45) is -2.41. The number of nitro benzene ring substituents is 1. The van der Waals surface area contributed by atoms with Crippen LogP contribution in [0.5, 0.6) is 0 Å². The molecule has 0 fully saturated rings. The molecule has 10 heteroatoms. The summed E-state index contributed by atoms with van der Waals surface area (Å²) in [6.45, 7) is -2.16. The van der Waals surface area contributed by atoms with E-state index in [1.165, 1.54) is 24.3 Å². The van der Waals surface area contributed by atoms with Crippen LogP contribution in [0.15, 0.2) is 67.0 Å². The van der Waals surface area contributed by atoms with Gasteiger partial charge in [0, 0.05) is 29.6 Å². The van der Waals surface area contributed by atoms with Gasteiger partial charge in [-0.3, -0.25) is 14.9 Å². The van der Waals surface area contributed by atoms with Gasteiger partial charge in [0.05, 0.1) is 17.0 Å². The van der Waals surface area contributed by atoms with Gasteiger partial charge in [-0.2, -0.15) is 13.2 Å². The summed E-state index contributed by atoms with van der Waals surface area (Å²) in [6, 6.07) is 14.2. The van der Waals surface area contributed by atoms with Crippen LogP contribution in [0.2, 0.25) is 0 Å². The molecule has 1 heterocycles. The summed E-state index contributed by atoms with van der Waals surface area (Å²) in [4.78, 5) is 31.8. The monoisotopic (exact) mass is 416 g/mol. The minimum absolute atomic E-state index is 0.0121. The standard InChI is InChI=1S/C20H15F3N4O3/c21-20(22,23)13-26(12-15-8-4-5-9-17(15)27(29)30)19(28)16-10-24-18(25-11-16)14-6-2-1-3-7-14/h1-11H,12-13H2. The predicted molar refractivity (Wildman–Crippen MR) is 101 cm³/mol. The highest BCUT2D eigenvalue weighted by Crippen LogP contribution is 2.24. The Hall–Kier alpha value is -3.82. The molecule has 0 aliphatic rings. The Labute approximate surface area is 169 Å². The molecule has 7 nitrogen and oxygen atoms in total. The number of nitro groups is 1. The molecular formula is C20H15F3N4O3. The van der Waals surface area contributed by atoms with Crippen LogP contribution in [-0.2, 0) is 6.54 Å². The third-order valence-corrected chi connectivity index (χ3v) is 4.14. The summed E-state index contributed by atoms with van der Waals surface area (Å²) < 4.78 is 39.2. The van der Waals surface area contributed by atoms with E-state index in [9.17, 15) is 28.1 Å². The second-order valence-corrected chi connectivity index (χ2v) is 6.32. The second-order valence-electron chi connectivity index (χ2n) is 6.32. The number of carbonyl (C=O) groups is 1. The van der Waals surface area contributed by atoms with E-state index >= 15 is 0 Å². The van der Waals surface area contributed by atoms with Crippen molar-refractivity contribution in [3.8, 4) is 11.4 Å². The summed E-state index contributed by atoms with van der Waals surface area (Å²) in [7, 11) is 0. The lowest BCUT2D eigenvalue weighted by atomic mass is 10.1. The maximum atomic E-state index is 13.1. The van der Waals surface area contributed by atoms with E-state index in [4.69, 9.17) is 0 Å². The molecule has 0 bridgehead atoms. The van der Waals surface area contributed by atoms with Gasteiger partial charge in [0.2, 0.25) is 0 Å². The van der Waals surface area contributed by atoms with Crippen LogP contribution in [0, 0.1) is 10.1 Å². The first kappa shape index (κ1) is 20.9. The molecule has 0 saturated carbocycles. The van der Waals surface area contributed by atoms with Gasteiger partial charge in [0.1, 0.15) is 6.54 Å². The van der Waals surface area contributed by atoms with E-state index in [0.717, 1.165) is 12.4 Å². The first-order valence-electron chi connectivity index (χ1n) is 8.70. The van der Waals surface area contributed by atoms with Gasteiger partial charge in [-0.1, -0.05) is 48.5 Å². The van der Waals surface area contributed by atoms with Crippen LogP contribution in [0.1, 0.15) is 15.9 Å². The molecule has 154 valence electrons. The van der Waals surface area contributed by atoms with Crippen molar-refractivity contribution in [2.75, 3.05) is 6.54 Å². The molecule has 0 unspecified atom stereocenters. The molecule has 0 atom stereocenters. The van der Waals surface area contributed by atoms with E-state index in [1.807, 2.05) is 0 Å². The summed E-state index contributed by atoms with van der Waals surface area (Å²) in [5, 5.41) is 11.2. The fourth-order valence-electron chi connectivity index (χ4n) is 2.80. The van der Waals surface area contributed by atoms with Crippen molar-refractivity contribution in [1.29, 1.82) is 0 Å². The second kappa shape index (κ2) is 8.68. The maximum absolute atomic E-state index is 13.1. The molecular weight excluding hydrogens is 401 g/mol. The molecule has 0 aliphatic heterocycles. The number of carbonyl (C=O) groups excluding carboxylic acids is 1. The predicted octanol–water partition coefficient (Wildman–Crippen LogP) is 4.26. The number of halogens is 3. The Bertz CT molecular complexity index is 1040. The molecule has 1 amide bonds. The van der Waals surface area contributed by atoms with Crippen LogP contribution in [-0.4, -0.2) is 38.4 Å². The molecule has 30 heavy (non-hydrogen) atoms. The zero-order chi connectivity index (χ0) is 21.7. The van der Waals surface area contributed by atoms with Gasteiger partial charge in [-0.25, -0.2) is 9.97 Å². The Morgan fingerprint density at radius 2 is 1.60 bits per heavy atom. The van der Waals surface area contributed by atoms with Crippen LogP contribution in [0.3, 0.4) is 0 Å². The van der Waals surface area contributed by atoms with Crippen LogP contribution < -0.4 is 0 Å². The lowest BCUT2D eigenvalue weighted by Gasteiger charge is -2.24. The molecule has 0 spiro atoms. The molecule has 3 rings (SSSR count). The van der Waals surface area contributed by atoms with Crippen LogP contribution in [0.25, 0.3) is 11.4 Å². The van der Waals surface area contributed by atoms with Gasteiger partial charge in [-0.15, -0.1) is 0 Å². The lowest BCUT2D eigenvalue weighted by molar-refractivity contribution is -0.385. The fraction of sp³-hybridized carbons (Fsp3) is 0.150. The largest absolute Gasteiger partial charge is 0.406 e. The highest BCUT2D eigenvalue weighted by Gasteiger charge is 2.34. The smallest absolute Gasteiger partial charge is 0.325 e. The van der Waals surface area contributed by atoms with Gasteiger partial charge < -0.3 is 4.90 Å². The average molecular weight is 416 g/mol. The van der Waals surface area contributed by atoms with E-state index in [2.05, 4.69) is 9.97 Å². The van der Waals surface area contributed by atoms with Crippen molar-refractivity contribution >= 4 is 11.6 Å². The molecule has 1 aromatic heterocycles. The molecule has 0 N–H and O–H groups in total. The SMILES string of the molecule is O=C(c1cnc(-c2ccccc2)nc1)N(Cc1ccccc1[N+](=O)[O-])CC(F)(F)F. The summed E-state index contributed by atoms with van der Waals surface area (Å²) >= 11 is 0. The van der Waals surface area contributed by atoms with Crippen molar-refractivity contribution in [2.45, 2.75) is 12.7 Å². The van der Waals surface area contributed by atoms with Crippen LogP contribution >= 0.6 is 0 Å². The minimum atomic E-state index is -4.69. The molecule has 2 aromatic carbocycles. The average Bonchev–Trinajstić information content (AvgIpc) is 2.73. The highest BCUT2D eigenvalue weighted by atomic mass is 19.4. The van der Waals surface area contributed by atoms with E-state index < -0.39 is 30.1 Å².